The van der Waals surface area contributed by atoms with Gasteiger partial charge in [0, 0.05) is 11.4 Å². The summed E-state index contributed by atoms with van der Waals surface area (Å²) in [6, 6.07) is 6.28. The molecular formula is C16H21NO2S2. The van der Waals surface area contributed by atoms with Crippen LogP contribution in [0.25, 0.3) is 0 Å². The van der Waals surface area contributed by atoms with Gasteiger partial charge in [-0.25, -0.2) is 0 Å². The minimum Gasteiger partial charge on any atom is -0.493 e. The molecule has 1 N–H and O–H groups in total. The van der Waals surface area contributed by atoms with E-state index in [-0.39, 0.29) is 0 Å². The SMILES string of the molecule is COc1cc(CNCCc2ccsc2)c(SC)cc1OC. The lowest BCUT2D eigenvalue weighted by Gasteiger charge is -2.14. The van der Waals surface area contributed by atoms with E-state index in [1.165, 1.54) is 16.0 Å². The van der Waals surface area contributed by atoms with E-state index < -0.39 is 0 Å². The van der Waals surface area contributed by atoms with Crippen LogP contribution in [0.2, 0.25) is 0 Å². The van der Waals surface area contributed by atoms with Crippen molar-refractivity contribution in [1.82, 2.24) is 5.32 Å². The molecule has 3 nitrogen and oxygen atoms in total. The van der Waals surface area contributed by atoms with E-state index in [0.717, 1.165) is 31.0 Å². The highest BCUT2D eigenvalue weighted by Gasteiger charge is 2.10. The molecule has 2 aromatic rings. The van der Waals surface area contributed by atoms with Gasteiger partial charge in [-0.1, -0.05) is 0 Å². The Hall–Kier alpha value is -1.17. The average Bonchev–Trinajstić information content (AvgIpc) is 3.04. The predicted molar refractivity (Wildman–Crippen MR) is 91.1 cm³/mol. The highest BCUT2D eigenvalue weighted by molar-refractivity contribution is 7.98. The van der Waals surface area contributed by atoms with Crippen LogP contribution in [0.1, 0.15) is 11.1 Å². The predicted octanol–water partition coefficient (Wildman–Crippen LogP) is 3.82. The van der Waals surface area contributed by atoms with E-state index in [0.29, 0.717) is 0 Å². The zero-order valence-corrected chi connectivity index (χ0v) is 14.3. The summed E-state index contributed by atoms with van der Waals surface area (Å²) in [6.45, 7) is 1.81. The van der Waals surface area contributed by atoms with Crippen molar-refractivity contribution in [3.8, 4) is 11.5 Å². The Morgan fingerprint density at radius 1 is 1.19 bits per heavy atom. The van der Waals surface area contributed by atoms with E-state index in [2.05, 4.69) is 34.5 Å². The summed E-state index contributed by atoms with van der Waals surface area (Å²) in [5, 5.41) is 7.82. The first-order valence-electron chi connectivity index (χ1n) is 6.79. The Kier molecular flexibility index (Phi) is 6.42. The fourth-order valence-corrected chi connectivity index (χ4v) is 3.44. The first kappa shape index (κ1) is 16.2. The molecule has 0 radical (unpaired) electrons. The van der Waals surface area contributed by atoms with Crippen molar-refractivity contribution < 1.29 is 9.47 Å². The van der Waals surface area contributed by atoms with Gasteiger partial charge in [0.15, 0.2) is 11.5 Å². The van der Waals surface area contributed by atoms with E-state index >= 15 is 0 Å². The van der Waals surface area contributed by atoms with Crippen molar-refractivity contribution in [1.29, 1.82) is 0 Å². The van der Waals surface area contributed by atoms with Gasteiger partial charge >= 0.3 is 0 Å². The lowest BCUT2D eigenvalue weighted by atomic mass is 10.2. The zero-order valence-electron chi connectivity index (χ0n) is 12.6. The van der Waals surface area contributed by atoms with Crippen LogP contribution in [-0.2, 0) is 13.0 Å². The molecule has 0 fully saturated rings. The summed E-state index contributed by atoms with van der Waals surface area (Å²) in [5.74, 6) is 1.56. The van der Waals surface area contributed by atoms with Crippen LogP contribution in [0.4, 0.5) is 0 Å². The molecule has 1 aromatic carbocycles. The Morgan fingerprint density at radius 2 is 1.95 bits per heavy atom. The second-order valence-corrected chi connectivity index (χ2v) is 6.21. The highest BCUT2D eigenvalue weighted by Crippen LogP contribution is 2.34. The van der Waals surface area contributed by atoms with E-state index in [4.69, 9.17) is 9.47 Å². The maximum Gasteiger partial charge on any atom is 0.161 e. The number of methoxy groups -OCH3 is 2. The quantitative estimate of drug-likeness (QED) is 0.591. The molecule has 0 aliphatic carbocycles. The Morgan fingerprint density at radius 3 is 2.57 bits per heavy atom. The lowest BCUT2D eigenvalue weighted by Crippen LogP contribution is -2.17. The van der Waals surface area contributed by atoms with Crippen LogP contribution in [0.5, 0.6) is 11.5 Å². The minimum absolute atomic E-state index is 0.781. The van der Waals surface area contributed by atoms with Gasteiger partial charge in [-0.3, -0.25) is 0 Å². The lowest BCUT2D eigenvalue weighted by molar-refractivity contribution is 0.353. The number of nitrogens with one attached hydrogen (secondary N) is 1. The summed E-state index contributed by atoms with van der Waals surface area (Å²) in [4.78, 5) is 1.22. The molecule has 114 valence electrons. The van der Waals surface area contributed by atoms with Crippen LogP contribution in [0.15, 0.2) is 33.9 Å². The third kappa shape index (κ3) is 4.40. The van der Waals surface area contributed by atoms with Gasteiger partial charge in [0.25, 0.3) is 0 Å². The Bertz CT molecular complexity index is 556. The number of rotatable bonds is 8. The van der Waals surface area contributed by atoms with Gasteiger partial charge in [0.05, 0.1) is 14.2 Å². The maximum absolute atomic E-state index is 5.38. The molecule has 0 unspecified atom stereocenters. The number of benzene rings is 1. The number of hydrogen-bond donors (Lipinski definition) is 1. The molecule has 2 rings (SSSR count). The van der Waals surface area contributed by atoms with E-state index in [1.54, 1.807) is 37.3 Å². The largest absolute Gasteiger partial charge is 0.493 e. The number of ether oxygens (including phenoxy) is 2. The summed E-state index contributed by atoms with van der Waals surface area (Å²) in [6.07, 6.45) is 3.14. The second-order valence-electron chi connectivity index (χ2n) is 4.58. The van der Waals surface area contributed by atoms with E-state index in [1.807, 2.05) is 6.07 Å². The van der Waals surface area contributed by atoms with Crippen molar-refractivity contribution in [2.24, 2.45) is 0 Å². The van der Waals surface area contributed by atoms with Crippen molar-refractivity contribution in [3.63, 3.8) is 0 Å². The fraction of sp³-hybridized carbons (Fsp3) is 0.375. The summed E-state index contributed by atoms with van der Waals surface area (Å²) in [5.41, 5.74) is 2.63. The van der Waals surface area contributed by atoms with Crippen molar-refractivity contribution in [3.05, 3.63) is 40.1 Å². The first-order chi connectivity index (χ1) is 10.3. The highest BCUT2D eigenvalue weighted by atomic mass is 32.2. The molecule has 0 bridgehead atoms. The molecule has 1 aromatic heterocycles. The normalized spacial score (nSPS) is 10.6. The van der Waals surface area contributed by atoms with Crippen molar-refractivity contribution in [2.45, 2.75) is 17.9 Å². The summed E-state index contributed by atoms with van der Waals surface area (Å²) in [7, 11) is 3.34. The minimum atomic E-state index is 0.781. The maximum atomic E-state index is 5.38. The van der Waals surface area contributed by atoms with Gasteiger partial charge < -0.3 is 14.8 Å². The monoisotopic (exact) mass is 323 g/mol. The zero-order chi connectivity index (χ0) is 15.1. The first-order valence-corrected chi connectivity index (χ1v) is 8.96. The van der Waals surface area contributed by atoms with Gasteiger partial charge in [0.2, 0.25) is 0 Å². The Labute approximate surface area is 134 Å². The molecular weight excluding hydrogens is 302 g/mol. The summed E-state index contributed by atoms with van der Waals surface area (Å²) >= 11 is 3.47. The van der Waals surface area contributed by atoms with Crippen molar-refractivity contribution in [2.75, 3.05) is 27.0 Å². The molecule has 1 heterocycles. The van der Waals surface area contributed by atoms with Crippen LogP contribution >= 0.6 is 23.1 Å². The third-order valence-corrected chi connectivity index (χ3v) is 4.82. The third-order valence-electron chi connectivity index (χ3n) is 3.27. The van der Waals surface area contributed by atoms with Crippen LogP contribution in [-0.4, -0.2) is 27.0 Å². The van der Waals surface area contributed by atoms with Crippen molar-refractivity contribution >= 4 is 23.1 Å². The van der Waals surface area contributed by atoms with Gasteiger partial charge in [-0.05, 0) is 59.3 Å². The average molecular weight is 323 g/mol. The Balaban J connectivity index is 1.97. The molecule has 0 spiro atoms. The van der Waals surface area contributed by atoms with Gasteiger partial charge in [0.1, 0.15) is 0 Å². The number of thiophene rings is 1. The fourth-order valence-electron chi connectivity index (χ4n) is 2.12. The summed E-state index contributed by atoms with van der Waals surface area (Å²) < 4.78 is 10.7. The molecule has 0 aliphatic rings. The topological polar surface area (TPSA) is 30.5 Å². The molecule has 0 atom stereocenters. The van der Waals surface area contributed by atoms with Gasteiger partial charge in [-0.2, -0.15) is 11.3 Å². The van der Waals surface area contributed by atoms with Crippen LogP contribution in [0, 0.1) is 0 Å². The number of hydrogen-bond acceptors (Lipinski definition) is 5. The second kappa shape index (κ2) is 8.32. The molecule has 0 saturated carbocycles. The standard InChI is InChI=1S/C16H21NO2S2/c1-18-14-8-13(16(20-3)9-15(14)19-2)10-17-6-4-12-5-7-21-11-12/h5,7-9,11,17H,4,6,10H2,1-3H3. The molecule has 0 aliphatic heterocycles. The van der Waals surface area contributed by atoms with Gasteiger partial charge in [-0.15, -0.1) is 11.8 Å². The smallest absolute Gasteiger partial charge is 0.161 e. The van der Waals surface area contributed by atoms with Crippen LogP contribution in [0.3, 0.4) is 0 Å². The van der Waals surface area contributed by atoms with Crippen LogP contribution < -0.4 is 14.8 Å². The van der Waals surface area contributed by atoms with E-state index in [9.17, 15) is 0 Å². The molecule has 5 heteroatoms. The molecule has 0 saturated heterocycles. The number of thioether (sulfide) groups is 1. The molecule has 21 heavy (non-hydrogen) atoms. The molecule has 0 amide bonds.